The predicted molar refractivity (Wildman–Crippen MR) is 135 cm³/mol. The van der Waals surface area contributed by atoms with Crippen LogP contribution in [0, 0.1) is 5.92 Å². The maximum absolute atomic E-state index is 13.0. The van der Waals surface area contributed by atoms with Crippen molar-refractivity contribution >= 4 is 6.03 Å². The molecule has 1 saturated heterocycles. The van der Waals surface area contributed by atoms with Gasteiger partial charge in [0, 0.05) is 50.9 Å². The van der Waals surface area contributed by atoms with Crippen LogP contribution in [0.15, 0.2) is 24.3 Å². The van der Waals surface area contributed by atoms with Crippen molar-refractivity contribution in [3.8, 4) is 5.75 Å². The molecule has 2 aliphatic rings. The van der Waals surface area contributed by atoms with Crippen LogP contribution in [0.3, 0.4) is 0 Å². The summed E-state index contributed by atoms with van der Waals surface area (Å²) in [7, 11) is 3.60. The van der Waals surface area contributed by atoms with Crippen molar-refractivity contribution in [2.24, 2.45) is 5.92 Å². The van der Waals surface area contributed by atoms with Gasteiger partial charge in [-0.3, -0.25) is 0 Å². The number of hydrogen-bond acceptors (Lipinski definition) is 5. The third-order valence-electron chi connectivity index (χ3n) is 7.37. The van der Waals surface area contributed by atoms with Crippen LogP contribution in [0.5, 0.6) is 5.75 Å². The van der Waals surface area contributed by atoms with Gasteiger partial charge in [-0.1, -0.05) is 18.2 Å². The van der Waals surface area contributed by atoms with E-state index in [0.29, 0.717) is 26.1 Å². The lowest BCUT2D eigenvalue weighted by Crippen LogP contribution is -2.53. The lowest BCUT2D eigenvalue weighted by atomic mass is 9.73. The van der Waals surface area contributed by atoms with Gasteiger partial charge >= 0.3 is 6.03 Å². The van der Waals surface area contributed by atoms with Crippen LogP contribution >= 0.6 is 0 Å². The minimum absolute atomic E-state index is 0.0475. The monoisotopic (exact) mass is 475 g/mol. The van der Waals surface area contributed by atoms with Gasteiger partial charge in [0.05, 0.1) is 11.7 Å². The zero-order valence-corrected chi connectivity index (χ0v) is 21.4. The van der Waals surface area contributed by atoms with Crippen LogP contribution in [0.2, 0.25) is 0 Å². The van der Waals surface area contributed by atoms with E-state index in [9.17, 15) is 9.90 Å². The lowest BCUT2D eigenvalue weighted by molar-refractivity contribution is -0.0585. The zero-order valence-electron chi connectivity index (χ0n) is 21.4. The Morgan fingerprint density at radius 2 is 1.97 bits per heavy atom. The summed E-state index contributed by atoms with van der Waals surface area (Å²) in [5.74, 6) is 0.746. The number of carbonyl (C=O) groups is 1. The number of para-hydroxylation sites is 1. The van der Waals surface area contributed by atoms with Gasteiger partial charge in [0.15, 0.2) is 0 Å². The van der Waals surface area contributed by atoms with Crippen molar-refractivity contribution in [1.29, 1.82) is 0 Å². The minimum atomic E-state index is -1.06. The highest BCUT2D eigenvalue weighted by Crippen LogP contribution is 2.44. The molecular formula is C27H45N3O4. The van der Waals surface area contributed by atoms with Gasteiger partial charge in [-0.2, -0.15) is 0 Å². The molecule has 0 bridgehead atoms. The number of nitrogens with zero attached hydrogens (tertiary/aromatic N) is 1. The van der Waals surface area contributed by atoms with Gasteiger partial charge < -0.3 is 30.1 Å². The van der Waals surface area contributed by atoms with E-state index in [1.807, 2.05) is 43.1 Å². The number of methoxy groups -OCH3 is 1. The Hall–Kier alpha value is -1.83. The van der Waals surface area contributed by atoms with Crippen molar-refractivity contribution < 1.29 is 19.4 Å². The smallest absolute Gasteiger partial charge is 0.317 e. The van der Waals surface area contributed by atoms with Gasteiger partial charge in [-0.15, -0.1) is 0 Å². The highest BCUT2D eigenvalue weighted by molar-refractivity contribution is 5.74. The number of rotatable bonds is 12. The summed E-state index contributed by atoms with van der Waals surface area (Å²) in [5.41, 5.74) is -0.187. The zero-order chi connectivity index (χ0) is 24.4. The molecular weight excluding hydrogens is 430 g/mol. The average Bonchev–Trinajstić information content (AvgIpc) is 3.35. The molecule has 34 heavy (non-hydrogen) atoms. The summed E-state index contributed by atoms with van der Waals surface area (Å²) < 4.78 is 11.7. The SMILES string of the molecule is CNCC(C)NC(=O)N1CCC[C@@H](C(O)(CCCCOC)c2ccccc2OC2CCCC2)C1. The highest BCUT2D eigenvalue weighted by Gasteiger charge is 2.43. The molecule has 2 unspecified atom stereocenters. The topological polar surface area (TPSA) is 83.1 Å². The van der Waals surface area contributed by atoms with Gasteiger partial charge in [-0.25, -0.2) is 4.79 Å². The first kappa shape index (κ1) is 26.8. The quantitative estimate of drug-likeness (QED) is 0.398. The van der Waals surface area contributed by atoms with E-state index < -0.39 is 5.60 Å². The molecule has 1 aliphatic heterocycles. The van der Waals surface area contributed by atoms with Gasteiger partial charge in [0.1, 0.15) is 5.75 Å². The van der Waals surface area contributed by atoms with Crippen molar-refractivity contribution in [3.63, 3.8) is 0 Å². The number of likely N-dealkylation sites (tertiary alicyclic amines) is 1. The molecule has 1 aliphatic carbocycles. The molecule has 192 valence electrons. The number of ether oxygens (including phenoxy) is 2. The fraction of sp³-hybridized carbons (Fsp3) is 0.741. The number of aliphatic hydroxyl groups is 1. The van der Waals surface area contributed by atoms with Crippen LogP contribution in [0.25, 0.3) is 0 Å². The first-order valence-corrected chi connectivity index (χ1v) is 13.2. The number of carbonyl (C=O) groups excluding carboxylic acids is 1. The fourth-order valence-corrected chi connectivity index (χ4v) is 5.52. The molecule has 2 fully saturated rings. The van der Waals surface area contributed by atoms with E-state index in [2.05, 4.69) is 10.6 Å². The lowest BCUT2D eigenvalue weighted by Gasteiger charge is -2.43. The van der Waals surface area contributed by atoms with E-state index >= 15 is 0 Å². The molecule has 3 N–H and O–H groups in total. The van der Waals surface area contributed by atoms with Crippen molar-refractivity contribution in [2.45, 2.75) is 82.5 Å². The second kappa shape index (κ2) is 13.3. The molecule has 2 amide bonds. The third kappa shape index (κ3) is 7.09. The summed E-state index contributed by atoms with van der Waals surface area (Å²) in [6, 6.07) is 8.00. The molecule has 1 aromatic carbocycles. The number of amides is 2. The van der Waals surface area contributed by atoms with E-state index in [1.165, 1.54) is 12.8 Å². The standard InChI is InChI=1S/C27H45N3O4/c1-21(19-28-2)29-26(31)30-17-10-11-22(20-30)27(32,16-8-9-18-33-3)24-14-6-7-15-25(24)34-23-12-4-5-13-23/h6-7,14-15,21-23,28,32H,4-5,8-13,16-20H2,1-3H3,(H,29,31)/t21?,22-,27?/m1/s1. The molecule has 1 aromatic rings. The second-order valence-electron chi connectivity index (χ2n) is 10.1. The minimum Gasteiger partial charge on any atom is -0.490 e. The van der Waals surface area contributed by atoms with Crippen LogP contribution in [-0.4, -0.2) is 68.6 Å². The Balaban J connectivity index is 1.81. The molecule has 3 atom stereocenters. The summed E-state index contributed by atoms with van der Waals surface area (Å²) >= 11 is 0. The first-order chi connectivity index (χ1) is 16.5. The van der Waals surface area contributed by atoms with Crippen LogP contribution in [-0.2, 0) is 10.3 Å². The average molecular weight is 476 g/mol. The van der Waals surface area contributed by atoms with Crippen LogP contribution in [0.1, 0.15) is 70.3 Å². The number of nitrogens with one attached hydrogen (secondary N) is 2. The van der Waals surface area contributed by atoms with Crippen molar-refractivity contribution in [3.05, 3.63) is 29.8 Å². The van der Waals surface area contributed by atoms with Gasteiger partial charge in [0.25, 0.3) is 0 Å². The Morgan fingerprint density at radius 3 is 2.71 bits per heavy atom. The maximum Gasteiger partial charge on any atom is 0.317 e. The predicted octanol–water partition coefficient (Wildman–Crippen LogP) is 4.04. The summed E-state index contributed by atoms with van der Waals surface area (Å²) in [5, 5.41) is 18.5. The molecule has 7 nitrogen and oxygen atoms in total. The normalized spacial score (nSPS) is 21.8. The molecule has 1 heterocycles. The molecule has 0 radical (unpaired) electrons. The second-order valence-corrected chi connectivity index (χ2v) is 10.1. The van der Waals surface area contributed by atoms with Gasteiger partial charge in [-0.05, 0) is 77.8 Å². The summed E-state index contributed by atoms with van der Waals surface area (Å²) in [6.07, 6.45) is 8.90. The molecule has 7 heteroatoms. The maximum atomic E-state index is 13.0. The summed E-state index contributed by atoms with van der Waals surface area (Å²) in [6.45, 7) is 4.65. The van der Waals surface area contributed by atoms with E-state index in [4.69, 9.17) is 9.47 Å². The van der Waals surface area contributed by atoms with Crippen LogP contribution < -0.4 is 15.4 Å². The van der Waals surface area contributed by atoms with Gasteiger partial charge in [0.2, 0.25) is 0 Å². The Morgan fingerprint density at radius 1 is 1.21 bits per heavy atom. The van der Waals surface area contributed by atoms with Crippen molar-refractivity contribution in [1.82, 2.24) is 15.5 Å². The number of benzene rings is 1. The van der Waals surface area contributed by atoms with Crippen molar-refractivity contribution in [2.75, 3.05) is 40.4 Å². The number of urea groups is 1. The van der Waals surface area contributed by atoms with Crippen LogP contribution in [0.4, 0.5) is 4.79 Å². The first-order valence-electron chi connectivity index (χ1n) is 13.2. The van der Waals surface area contributed by atoms with E-state index in [0.717, 1.165) is 56.4 Å². The number of likely N-dealkylation sites (N-methyl/N-ethyl adjacent to an activating group) is 1. The highest BCUT2D eigenvalue weighted by atomic mass is 16.5. The van der Waals surface area contributed by atoms with E-state index in [1.54, 1.807) is 7.11 Å². The molecule has 0 spiro atoms. The number of unbranched alkanes of at least 4 members (excludes halogenated alkanes) is 1. The molecule has 3 rings (SSSR count). The molecule has 0 aromatic heterocycles. The Labute approximate surface area is 205 Å². The number of piperidine rings is 1. The number of hydrogen-bond donors (Lipinski definition) is 3. The Bertz CT molecular complexity index is 755. The molecule has 1 saturated carbocycles. The summed E-state index contributed by atoms with van der Waals surface area (Å²) in [4.78, 5) is 14.8. The fourth-order valence-electron chi connectivity index (χ4n) is 5.52. The third-order valence-corrected chi connectivity index (χ3v) is 7.37. The largest absolute Gasteiger partial charge is 0.490 e. The Kier molecular flexibility index (Phi) is 10.5. The van der Waals surface area contributed by atoms with E-state index in [-0.39, 0.29) is 24.1 Å².